The normalized spacial score (nSPS) is 28.8. The van der Waals surface area contributed by atoms with Gasteiger partial charge in [-0.25, -0.2) is 0 Å². The average Bonchev–Trinajstić information content (AvgIpc) is 2.15. The lowest BCUT2D eigenvalue weighted by molar-refractivity contribution is 0.274. The molecule has 2 atom stereocenters. The van der Waals surface area contributed by atoms with Crippen molar-refractivity contribution < 1.29 is 0 Å². The molecular formula is C10H19BrN2. The van der Waals surface area contributed by atoms with Crippen LogP contribution in [0.3, 0.4) is 0 Å². The summed E-state index contributed by atoms with van der Waals surface area (Å²) in [6, 6.07) is 0.605. The SMILES string of the molecule is C=C(Br)CNC1CCCCC1CN. The van der Waals surface area contributed by atoms with Crippen LogP contribution in [0.15, 0.2) is 11.1 Å². The molecule has 0 aliphatic heterocycles. The van der Waals surface area contributed by atoms with Crippen LogP contribution in [-0.2, 0) is 0 Å². The maximum atomic E-state index is 5.73. The summed E-state index contributed by atoms with van der Waals surface area (Å²) in [5.41, 5.74) is 5.73. The van der Waals surface area contributed by atoms with Crippen molar-refractivity contribution >= 4 is 15.9 Å². The highest BCUT2D eigenvalue weighted by atomic mass is 79.9. The van der Waals surface area contributed by atoms with Gasteiger partial charge in [0, 0.05) is 17.1 Å². The zero-order valence-corrected chi connectivity index (χ0v) is 9.65. The molecule has 1 fully saturated rings. The molecule has 1 rings (SSSR count). The molecule has 0 radical (unpaired) electrons. The molecule has 0 spiro atoms. The summed E-state index contributed by atoms with van der Waals surface area (Å²) >= 11 is 3.35. The van der Waals surface area contributed by atoms with Crippen LogP contribution in [0.5, 0.6) is 0 Å². The summed E-state index contributed by atoms with van der Waals surface area (Å²) < 4.78 is 1.02. The van der Waals surface area contributed by atoms with Gasteiger partial charge in [0.2, 0.25) is 0 Å². The monoisotopic (exact) mass is 246 g/mol. The van der Waals surface area contributed by atoms with Crippen molar-refractivity contribution in [2.24, 2.45) is 11.7 Å². The third-order valence-corrected chi connectivity index (χ3v) is 3.05. The van der Waals surface area contributed by atoms with Gasteiger partial charge >= 0.3 is 0 Å². The van der Waals surface area contributed by atoms with Crippen molar-refractivity contribution in [1.29, 1.82) is 0 Å². The Bertz CT molecular complexity index is 170. The number of hydrogen-bond donors (Lipinski definition) is 2. The molecule has 3 N–H and O–H groups in total. The fourth-order valence-corrected chi connectivity index (χ4v) is 2.16. The molecule has 1 saturated carbocycles. The molecule has 0 heterocycles. The van der Waals surface area contributed by atoms with Crippen LogP contribution in [0.2, 0.25) is 0 Å². The quantitative estimate of drug-likeness (QED) is 0.797. The van der Waals surface area contributed by atoms with Crippen molar-refractivity contribution in [3.63, 3.8) is 0 Å². The van der Waals surface area contributed by atoms with Crippen molar-refractivity contribution in [3.8, 4) is 0 Å². The van der Waals surface area contributed by atoms with E-state index < -0.39 is 0 Å². The highest BCUT2D eigenvalue weighted by Gasteiger charge is 2.22. The van der Waals surface area contributed by atoms with Gasteiger partial charge < -0.3 is 11.1 Å². The Balaban J connectivity index is 2.31. The van der Waals surface area contributed by atoms with E-state index in [4.69, 9.17) is 5.73 Å². The minimum atomic E-state index is 0.605. The first-order valence-corrected chi connectivity index (χ1v) is 5.80. The molecule has 0 saturated heterocycles. The number of hydrogen-bond acceptors (Lipinski definition) is 2. The third kappa shape index (κ3) is 3.79. The molecule has 0 aromatic rings. The molecule has 1 aliphatic rings. The summed E-state index contributed by atoms with van der Waals surface area (Å²) in [5.74, 6) is 0.667. The summed E-state index contributed by atoms with van der Waals surface area (Å²) in [5, 5.41) is 3.50. The third-order valence-electron chi connectivity index (χ3n) is 2.77. The number of rotatable bonds is 4. The lowest BCUT2D eigenvalue weighted by atomic mass is 9.84. The molecule has 0 amide bonds. The Morgan fingerprint density at radius 3 is 2.77 bits per heavy atom. The second-order valence-electron chi connectivity index (χ2n) is 3.78. The van der Waals surface area contributed by atoms with Crippen molar-refractivity contribution in [1.82, 2.24) is 5.32 Å². The molecular weight excluding hydrogens is 228 g/mol. The fraction of sp³-hybridized carbons (Fsp3) is 0.800. The zero-order valence-electron chi connectivity index (χ0n) is 8.06. The second kappa shape index (κ2) is 5.78. The van der Waals surface area contributed by atoms with Crippen LogP contribution >= 0.6 is 15.9 Å². The Kier molecular flexibility index (Phi) is 4.99. The van der Waals surface area contributed by atoms with Crippen LogP contribution in [0.25, 0.3) is 0 Å². The van der Waals surface area contributed by atoms with E-state index in [2.05, 4.69) is 27.8 Å². The Morgan fingerprint density at radius 1 is 1.46 bits per heavy atom. The fourth-order valence-electron chi connectivity index (χ4n) is 2.00. The molecule has 2 nitrogen and oxygen atoms in total. The predicted octanol–water partition coefficient (Wildman–Crippen LogP) is 2.00. The Morgan fingerprint density at radius 2 is 2.15 bits per heavy atom. The predicted molar refractivity (Wildman–Crippen MR) is 60.9 cm³/mol. The Hall–Kier alpha value is 0.140. The maximum absolute atomic E-state index is 5.73. The second-order valence-corrected chi connectivity index (χ2v) is 4.91. The molecule has 76 valence electrons. The smallest absolute Gasteiger partial charge is 0.0268 e. The van der Waals surface area contributed by atoms with E-state index in [1.807, 2.05) is 0 Å². The highest BCUT2D eigenvalue weighted by Crippen LogP contribution is 2.23. The lowest BCUT2D eigenvalue weighted by Crippen LogP contribution is -2.42. The van der Waals surface area contributed by atoms with Gasteiger partial charge in [-0.05, 0) is 25.3 Å². The number of halogens is 1. The van der Waals surface area contributed by atoms with Crippen molar-refractivity contribution in [2.75, 3.05) is 13.1 Å². The summed E-state index contributed by atoms with van der Waals surface area (Å²) in [7, 11) is 0. The number of nitrogens with two attached hydrogens (primary N) is 1. The zero-order chi connectivity index (χ0) is 9.68. The van der Waals surface area contributed by atoms with E-state index in [1.165, 1.54) is 25.7 Å². The molecule has 0 aromatic heterocycles. The average molecular weight is 247 g/mol. The summed E-state index contributed by atoms with van der Waals surface area (Å²) in [6.07, 6.45) is 5.23. The van der Waals surface area contributed by atoms with Gasteiger partial charge in [0.15, 0.2) is 0 Å². The minimum Gasteiger partial charge on any atom is -0.330 e. The standard InChI is InChI=1S/C10H19BrN2/c1-8(11)7-13-10-5-3-2-4-9(10)6-12/h9-10,13H,1-7,12H2. The van der Waals surface area contributed by atoms with E-state index in [1.54, 1.807) is 0 Å². The maximum Gasteiger partial charge on any atom is 0.0268 e. The molecule has 13 heavy (non-hydrogen) atoms. The van der Waals surface area contributed by atoms with E-state index in [0.717, 1.165) is 17.6 Å². The van der Waals surface area contributed by atoms with Gasteiger partial charge in [-0.1, -0.05) is 35.4 Å². The van der Waals surface area contributed by atoms with Gasteiger partial charge in [-0.3, -0.25) is 0 Å². The Labute approximate surface area is 89.1 Å². The van der Waals surface area contributed by atoms with Crippen LogP contribution in [0, 0.1) is 5.92 Å². The first-order chi connectivity index (χ1) is 6.24. The minimum absolute atomic E-state index is 0.605. The molecule has 1 aliphatic carbocycles. The van der Waals surface area contributed by atoms with E-state index in [0.29, 0.717) is 12.0 Å². The van der Waals surface area contributed by atoms with Crippen LogP contribution in [0.1, 0.15) is 25.7 Å². The molecule has 0 aromatic carbocycles. The van der Waals surface area contributed by atoms with Gasteiger partial charge in [-0.2, -0.15) is 0 Å². The van der Waals surface area contributed by atoms with E-state index in [9.17, 15) is 0 Å². The van der Waals surface area contributed by atoms with Crippen LogP contribution in [0.4, 0.5) is 0 Å². The van der Waals surface area contributed by atoms with Gasteiger partial charge in [0.25, 0.3) is 0 Å². The topological polar surface area (TPSA) is 38.0 Å². The number of nitrogens with one attached hydrogen (secondary N) is 1. The van der Waals surface area contributed by atoms with E-state index in [-0.39, 0.29) is 0 Å². The largest absolute Gasteiger partial charge is 0.330 e. The molecule has 2 unspecified atom stereocenters. The molecule has 3 heteroatoms. The van der Waals surface area contributed by atoms with Crippen LogP contribution in [-0.4, -0.2) is 19.1 Å². The van der Waals surface area contributed by atoms with Gasteiger partial charge in [0.05, 0.1) is 0 Å². The highest BCUT2D eigenvalue weighted by molar-refractivity contribution is 9.11. The van der Waals surface area contributed by atoms with E-state index >= 15 is 0 Å². The molecule has 0 bridgehead atoms. The summed E-state index contributed by atoms with van der Waals surface area (Å²) in [6.45, 7) is 5.49. The summed E-state index contributed by atoms with van der Waals surface area (Å²) in [4.78, 5) is 0. The van der Waals surface area contributed by atoms with Crippen LogP contribution < -0.4 is 11.1 Å². The first-order valence-electron chi connectivity index (χ1n) is 5.00. The van der Waals surface area contributed by atoms with Gasteiger partial charge in [-0.15, -0.1) is 0 Å². The first kappa shape index (κ1) is 11.2. The lowest BCUT2D eigenvalue weighted by Gasteiger charge is -2.31. The van der Waals surface area contributed by atoms with Gasteiger partial charge in [0.1, 0.15) is 0 Å². The van der Waals surface area contributed by atoms with Crippen molar-refractivity contribution in [3.05, 3.63) is 11.1 Å². The van der Waals surface area contributed by atoms with Crippen molar-refractivity contribution in [2.45, 2.75) is 31.7 Å².